The number of carbonyl (C=O) groups excluding carboxylic acids is 1. The summed E-state index contributed by atoms with van der Waals surface area (Å²) in [6.45, 7) is 3.25. The minimum absolute atomic E-state index is 0.130. The molecule has 0 N–H and O–H groups in total. The molecule has 9 heteroatoms. The Labute approximate surface area is 185 Å². The summed E-state index contributed by atoms with van der Waals surface area (Å²) in [5.41, 5.74) is 2.92. The van der Waals surface area contributed by atoms with Crippen LogP contribution in [-0.4, -0.2) is 59.1 Å². The predicted molar refractivity (Wildman–Crippen MR) is 115 cm³/mol. The molecule has 2 aliphatic rings. The van der Waals surface area contributed by atoms with Gasteiger partial charge in [0.25, 0.3) is 5.91 Å². The van der Waals surface area contributed by atoms with Gasteiger partial charge in [0.15, 0.2) is 5.69 Å². The number of hydrogen-bond donors (Lipinski definition) is 0. The van der Waals surface area contributed by atoms with Crippen LogP contribution in [0, 0.1) is 5.82 Å². The lowest BCUT2D eigenvalue weighted by Gasteiger charge is -2.36. The zero-order valence-corrected chi connectivity index (χ0v) is 17.8. The van der Waals surface area contributed by atoms with Crippen molar-refractivity contribution >= 4 is 11.6 Å². The monoisotopic (exact) mass is 437 g/mol. The number of benzene rings is 2. The number of halogens is 1. The van der Waals surface area contributed by atoms with E-state index in [9.17, 15) is 9.18 Å². The summed E-state index contributed by atoms with van der Waals surface area (Å²) in [5.74, 6) is 0.409. The van der Waals surface area contributed by atoms with Gasteiger partial charge in [-0.2, -0.15) is 0 Å². The van der Waals surface area contributed by atoms with E-state index in [-0.39, 0.29) is 24.4 Å². The molecule has 1 atom stereocenters. The van der Waals surface area contributed by atoms with Gasteiger partial charge in [0, 0.05) is 26.2 Å². The van der Waals surface area contributed by atoms with Crippen LogP contribution in [0.2, 0.25) is 0 Å². The average Bonchev–Trinajstić information content (AvgIpc) is 3.27. The van der Waals surface area contributed by atoms with Crippen molar-refractivity contribution < 1.29 is 18.7 Å². The molecule has 0 spiro atoms. The number of hydrogen-bond acceptors (Lipinski definition) is 6. The molecule has 0 unspecified atom stereocenters. The Morgan fingerprint density at radius 2 is 1.84 bits per heavy atom. The molecule has 8 nitrogen and oxygen atoms in total. The summed E-state index contributed by atoms with van der Waals surface area (Å²) in [5, 5.41) is 8.36. The van der Waals surface area contributed by atoms with E-state index < -0.39 is 0 Å². The quantitative estimate of drug-likeness (QED) is 0.625. The SMILES string of the molecule is COc1ccccc1N1CCN(C(=O)c2nnn3c2CO[C@@H](c2ccc(F)cc2)C3)CC1. The third-order valence-corrected chi connectivity index (χ3v) is 6.03. The molecular formula is C23H24FN5O3. The van der Waals surface area contributed by atoms with E-state index in [2.05, 4.69) is 15.2 Å². The predicted octanol–water partition coefficient (Wildman–Crippen LogP) is 2.66. The van der Waals surface area contributed by atoms with Crippen LogP contribution in [0.5, 0.6) is 5.75 Å². The summed E-state index contributed by atoms with van der Waals surface area (Å²) in [4.78, 5) is 17.2. The molecule has 1 amide bonds. The molecule has 1 saturated heterocycles. The fraction of sp³-hybridized carbons (Fsp3) is 0.348. The van der Waals surface area contributed by atoms with Crippen molar-refractivity contribution in [3.05, 3.63) is 71.3 Å². The summed E-state index contributed by atoms with van der Waals surface area (Å²) in [6, 6.07) is 14.1. The number of amides is 1. The number of nitrogens with zero attached hydrogens (tertiary/aromatic N) is 5. The molecule has 1 aromatic heterocycles. The van der Waals surface area contributed by atoms with Crippen molar-refractivity contribution in [3.63, 3.8) is 0 Å². The maximum Gasteiger partial charge on any atom is 0.276 e. The normalized spacial score (nSPS) is 18.4. The number of fused-ring (bicyclic) bond motifs is 1. The standard InChI is InChI=1S/C23H24FN5O3/c1-31-20-5-3-2-4-18(20)27-10-12-28(13-11-27)23(30)22-19-15-32-21(14-29(19)26-25-22)16-6-8-17(24)9-7-16/h2-9,21H,10-15H2,1H3/t21-/m1/s1. The molecule has 2 aliphatic heterocycles. The van der Waals surface area contributed by atoms with Gasteiger partial charge in [0.1, 0.15) is 17.7 Å². The number of para-hydroxylation sites is 2. The van der Waals surface area contributed by atoms with Crippen LogP contribution in [0.1, 0.15) is 27.8 Å². The van der Waals surface area contributed by atoms with Crippen LogP contribution in [0.15, 0.2) is 48.5 Å². The van der Waals surface area contributed by atoms with E-state index in [1.54, 1.807) is 23.9 Å². The number of methoxy groups -OCH3 is 1. The zero-order chi connectivity index (χ0) is 22.1. The Bertz CT molecular complexity index is 1110. The molecule has 1 fully saturated rings. The summed E-state index contributed by atoms with van der Waals surface area (Å²) in [7, 11) is 1.66. The molecular weight excluding hydrogens is 413 g/mol. The molecule has 0 saturated carbocycles. The highest BCUT2D eigenvalue weighted by atomic mass is 19.1. The second-order valence-corrected chi connectivity index (χ2v) is 7.87. The maximum atomic E-state index is 13.2. The van der Waals surface area contributed by atoms with Crippen LogP contribution in [-0.2, 0) is 17.9 Å². The summed E-state index contributed by atoms with van der Waals surface area (Å²) < 4.78 is 26.3. The van der Waals surface area contributed by atoms with Gasteiger partial charge in [-0.1, -0.05) is 29.5 Å². The summed E-state index contributed by atoms with van der Waals surface area (Å²) >= 11 is 0. The van der Waals surface area contributed by atoms with Crippen molar-refractivity contribution in [3.8, 4) is 5.75 Å². The van der Waals surface area contributed by atoms with Crippen molar-refractivity contribution in [2.24, 2.45) is 0 Å². The first-order chi connectivity index (χ1) is 15.6. The highest BCUT2D eigenvalue weighted by molar-refractivity contribution is 5.93. The van der Waals surface area contributed by atoms with Crippen molar-refractivity contribution in [2.75, 3.05) is 38.2 Å². The first-order valence-electron chi connectivity index (χ1n) is 10.6. The Hall–Kier alpha value is -3.46. The molecule has 2 aromatic carbocycles. The minimum Gasteiger partial charge on any atom is -0.495 e. The van der Waals surface area contributed by atoms with Gasteiger partial charge in [0.2, 0.25) is 0 Å². The average molecular weight is 437 g/mol. The highest BCUT2D eigenvalue weighted by Gasteiger charge is 2.31. The van der Waals surface area contributed by atoms with E-state index in [4.69, 9.17) is 9.47 Å². The van der Waals surface area contributed by atoms with Crippen LogP contribution < -0.4 is 9.64 Å². The molecule has 0 bridgehead atoms. The molecule has 166 valence electrons. The number of aromatic nitrogens is 3. The molecule has 5 rings (SSSR count). The second-order valence-electron chi connectivity index (χ2n) is 7.87. The van der Waals surface area contributed by atoms with Gasteiger partial charge in [0.05, 0.1) is 31.6 Å². The number of rotatable bonds is 4. The molecule has 0 radical (unpaired) electrons. The first-order valence-corrected chi connectivity index (χ1v) is 10.6. The number of ether oxygens (including phenoxy) is 2. The number of piperazine rings is 1. The number of anilines is 1. The van der Waals surface area contributed by atoms with E-state index in [0.717, 1.165) is 17.0 Å². The van der Waals surface area contributed by atoms with Crippen LogP contribution in [0.3, 0.4) is 0 Å². The van der Waals surface area contributed by atoms with Crippen LogP contribution in [0.4, 0.5) is 10.1 Å². The lowest BCUT2D eigenvalue weighted by molar-refractivity contribution is -0.00199. The van der Waals surface area contributed by atoms with Crippen LogP contribution in [0.25, 0.3) is 0 Å². The Kier molecular flexibility index (Phi) is 5.48. The van der Waals surface area contributed by atoms with Crippen LogP contribution >= 0.6 is 0 Å². The Morgan fingerprint density at radius 1 is 1.09 bits per heavy atom. The van der Waals surface area contributed by atoms with Gasteiger partial charge >= 0.3 is 0 Å². The Balaban J connectivity index is 1.25. The van der Waals surface area contributed by atoms with Gasteiger partial charge in [-0.15, -0.1) is 5.10 Å². The van der Waals surface area contributed by atoms with Gasteiger partial charge in [-0.3, -0.25) is 4.79 Å². The van der Waals surface area contributed by atoms with E-state index in [0.29, 0.717) is 44.1 Å². The Morgan fingerprint density at radius 3 is 2.59 bits per heavy atom. The lowest BCUT2D eigenvalue weighted by atomic mass is 10.1. The van der Waals surface area contributed by atoms with Crippen molar-refractivity contribution in [2.45, 2.75) is 19.3 Å². The van der Waals surface area contributed by atoms with Gasteiger partial charge < -0.3 is 19.3 Å². The first kappa shape index (κ1) is 20.4. The van der Waals surface area contributed by atoms with E-state index >= 15 is 0 Å². The zero-order valence-electron chi connectivity index (χ0n) is 17.8. The smallest absolute Gasteiger partial charge is 0.276 e. The van der Waals surface area contributed by atoms with E-state index in [1.807, 2.05) is 29.2 Å². The van der Waals surface area contributed by atoms with E-state index in [1.165, 1.54) is 12.1 Å². The highest BCUT2D eigenvalue weighted by Crippen LogP contribution is 2.30. The largest absolute Gasteiger partial charge is 0.495 e. The fourth-order valence-corrected chi connectivity index (χ4v) is 4.25. The van der Waals surface area contributed by atoms with Gasteiger partial charge in [-0.25, -0.2) is 9.07 Å². The topological polar surface area (TPSA) is 72.7 Å². The number of carbonyl (C=O) groups is 1. The van der Waals surface area contributed by atoms with Crippen molar-refractivity contribution in [1.29, 1.82) is 0 Å². The van der Waals surface area contributed by atoms with Gasteiger partial charge in [-0.05, 0) is 29.8 Å². The second kappa shape index (κ2) is 8.58. The summed E-state index contributed by atoms with van der Waals surface area (Å²) in [6.07, 6.45) is -0.253. The molecule has 32 heavy (non-hydrogen) atoms. The molecule has 3 aromatic rings. The van der Waals surface area contributed by atoms with Crippen molar-refractivity contribution in [1.82, 2.24) is 19.9 Å². The third kappa shape index (κ3) is 3.80. The fourth-order valence-electron chi connectivity index (χ4n) is 4.25. The molecule has 3 heterocycles. The lowest BCUT2D eigenvalue weighted by Crippen LogP contribution is -2.49. The third-order valence-electron chi connectivity index (χ3n) is 6.03. The molecule has 0 aliphatic carbocycles. The minimum atomic E-state index is -0.287. The maximum absolute atomic E-state index is 13.2.